The Hall–Kier alpha value is -2.23. The number of carbonyl (C=O) groups excluding carboxylic acids is 2. The van der Waals surface area contributed by atoms with Crippen molar-refractivity contribution in [1.82, 2.24) is 4.98 Å². The van der Waals surface area contributed by atoms with Crippen molar-refractivity contribution in [3.8, 4) is 0 Å². The molecule has 5 rings (SSSR count). The molecule has 4 heteroatoms. The number of esters is 1. The van der Waals surface area contributed by atoms with Crippen molar-refractivity contribution in [1.29, 1.82) is 0 Å². The fraction of sp³-hybridized carbons (Fsp3) is 0.593. The molecular formula is C27H33NO3. The van der Waals surface area contributed by atoms with Gasteiger partial charge >= 0.3 is 5.97 Å². The molecule has 0 unspecified atom stereocenters. The fourth-order valence-electron chi connectivity index (χ4n) is 7.71. The Bertz CT molecular complexity index is 964. The molecule has 4 aliphatic rings. The standard InChI is InChI=1S/C27H33NO3/c1-17(29)22-8-9-23-21-7-6-19-15-20(31-25(30)18-5-4-14-28-16-18)10-12-26(19,2)24(21)11-13-27(22,23)3/h4-6,14-16,21-24H,7-13H2,1-3H3/t21-,22+,23-,24-,26-,27+/m0/s1. The van der Waals surface area contributed by atoms with Crippen molar-refractivity contribution in [2.75, 3.05) is 0 Å². The number of hydrogen-bond acceptors (Lipinski definition) is 4. The van der Waals surface area contributed by atoms with Gasteiger partial charge in [0.25, 0.3) is 0 Å². The number of rotatable bonds is 3. The third-order valence-corrected chi connectivity index (χ3v) is 9.34. The van der Waals surface area contributed by atoms with Crippen molar-refractivity contribution in [2.24, 2.45) is 34.5 Å². The highest BCUT2D eigenvalue weighted by Crippen LogP contribution is 2.66. The minimum atomic E-state index is -0.327. The molecule has 0 aliphatic heterocycles. The Morgan fingerprint density at radius 2 is 1.97 bits per heavy atom. The van der Waals surface area contributed by atoms with Gasteiger partial charge in [0.1, 0.15) is 11.5 Å². The van der Waals surface area contributed by atoms with Crippen LogP contribution in [0.25, 0.3) is 0 Å². The van der Waals surface area contributed by atoms with Crippen molar-refractivity contribution in [3.05, 3.63) is 53.6 Å². The van der Waals surface area contributed by atoms with Crippen molar-refractivity contribution >= 4 is 11.8 Å². The first kappa shape index (κ1) is 20.7. The molecule has 1 heterocycles. The normalized spacial score (nSPS) is 38.8. The predicted molar refractivity (Wildman–Crippen MR) is 119 cm³/mol. The summed E-state index contributed by atoms with van der Waals surface area (Å²) in [6.07, 6.45) is 15.3. The van der Waals surface area contributed by atoms with Gasteiger partial charge in [-0.1, -0.05) is 19.9 Å². The van der Waals surface area contributed by atoms with Gasteiger partial charge in [-0.3, -0.25) is 9.78 Å². The molecule has 6 atom stereocenters. The van der Waals surface area contributed by atoms with E-state index in [-0.39, 0.29) is 22.7 Å². The SMILES string of the molecule is CC(=O)[C@H]1CC[C@H]2[C@@H]3CC=C4C=C(OC(=O)c5cccnc5)CC[C@]4(C)[C@H]3CC[C@]12C. The number of aromatic nitrogens is 1. The molecule has 164 valence electrons. The number of allylic oxidation sites excluding steroid dienone is 4. The van der Waals surface area contributed by atoms with Crippen LogP contribution in [0.15, 0.2) is 48.0 Å². The minimum absolute atomic E-state index is 0.142. The first-order valence-corrected chi connectivity index (χ1v) is 11.9. The Balaban J connectivity index is 1.38. The number of pyridine rings is 1. The van der Waals surface area contributed by atoms with E-state index in [0.29, 0.717) is 29.1 Å². The van der Waals surface area contributed by atoms with Crippen LogP contribution in [0, 0.1) is 34.5 Å². The van der Waals surface area contributed by atoms with Gasteiger partial charge in [-0.05, 0) is 97.8 Å². The molecule has 0 aromatic carbocycles. The van der Waals surface area contributed by atoms with Crippen LogP contribution in [-0.2, 0) is 9.53 Å². The van der Waals surface area contributed by atoms with Crippen LogP contribution in [0.4, 0.5) is 0 Å². The van der Waals surface area contributed by atoms with E-state index in [1.807, 2.05) is 0 Å². The summed E-state index contributed by atoms with van der Waals surface area (Å²) in [5.41, 5.74) is 2.16. The monoisotopic (exact) mass is 419 g/mol. The second kappa shape index (κ2) is 7.43. The summed E-state index contributed by atoms with van der Waals surface area (Å²) in [4.78, 5) is 28.8. The zero-order chi connectivity index (χ0) is 21.8. The van der Waals surface area contributed by atoms with Gasteiger partial charge in [0.15, 0.2) is 0 Å². The molecule has 1 aromatic heterocycles. The Kier molecular flexibility index (Phi) is 4.95. The van der Waals surface area contributed by atoms with Crippen LogP contribution in [0.1, 0.15) is 76.1 Å². The molecule has 31 heavy (non-hydrogen) atoms. The van der Waals surface area contributed by atoms with E-state index in [1.165, 1.54) is 24.8 Å². The maximum atomic E-state index is 12.5. The van der Waals surface area contributed by atoms with E-state index in [0.717, 1.165) is 31.4 Å². The lowest BCUT2D eigenvalue weighted by Crippen LogP contribution is -2.49. The first-order chi connectivity index (χ1) is 14.8. The zero-order valence-corrected chi connectivity index (χ0v) is 18.9. The van der Waals surface area contributed by atoms with Crippen LogP contribution >= 0.6 is 0 Å². The average molecular weight is 420 g/mol. The molecule has 0 bridgehead atoms. The van der Waals surface area contributed by atoms with Gasteiger partial charge < -0.3 is 4.74 Å². The van der Waals surface area contributed by atoms with Crippen molar-refractivity contribution in [2.45, 2.75) is 65.7 Å². The second-order valence-electron chi connectivity index (χ2n) is 10.7. The maximum absolute atomic E-state index is 12.5. The number of hydrogen-bond donors (Lipinski definition) is 0. The lowest BCUT2D eigenvalue weighted by Gasteiger charge is -2.56. The Labute approximate surface area is 185 Å². The molecule has 4 nitrogen and oxygen atoms in total. The smallest absolute Gasteiger partial charge is 0.344 e. The summed E-state index contributed by atoms with van der Waals surface area (Å²) in [6, 6.07) is 3.49. The summed E-state index contributed by atoms with van der Waals surface area (Å²) in [7, 11) is 0. The lowest BCUT2D eigenvalue weighted by atomic mass is 9.48. The third kappa shape index (κ3) is 3.21. The molecule has 1 aromatic rings. The van der Waals surface area contributed by atoms with E-state index < -0.39 is 0 Å². The van der Waals surface area contributed by atoms with Crippen LogP contribution in [0.2, 0.25) is 0 Å². The highest BCUT2D eigenvalue weighted by atomic mass is 16.5. The molecule has 2 saturated carbocycles. The molecule has 0 saturated heterocycles. The van der Waals surface area contributed by atoms with Crippen molar-refractivity contribution < 1.29 is 14.3 Å². The quantitative estimate of drug-likeness (QED) is 0.572. The van der Waals surface area contributed by atoms with Crippen LogP contribution in [-0.4, -0.2) is 16.7 Å². The van der Waals surface area contributed by atoms with E-state index in [9.17, 15) is 9.59 Å². The summed E-state index contributed by atoms with van der Waals surface area (Å²) in [5, 5.41) is 0. The number of carbonyl (C=O) groups is 2. The van der Waals surface area contributed by atoms with Gasteiger partial charge in [-0.25, -0.2) is 4.79 Å². The number of ether oxygens (including phenoxy) is 1. The maximum Gasteiger partial charge on any atom is 0.344 e. The Morgan fingerprint density at radius 3 is 2.71 bits per heavy atom. The number of ketones is 1. The largest absolute Gasteiger partial charge is 0.427 e. The minimum Gasteiger partial charge on any atom is -0.427 e. The van der Waals surface area contributed by atoms with Gasteiger partial charge in [0.2, 0.25) is 0 Å². The van der Waals surface area contributed by atoms with Crippen LogP contribution < -0.4 is 0 Å². The predicted octanol–water partition coefficient (Wildman–Crippen LogP) is 5.90. The average Bonchev–Trinajstić information content (AvgIpc) is 3.12. The highest BCUT2D eigenvalue weighted by Gasteiger charge is 2.59. The van der Waals surface area contributed by atoms with Gasteiger partial charge in [0, 0.05) is 24.7 Å². The third-order valence-electron chi connectivity index (χ3n) is 9.34. The number of Topliss-reactive ketones (excluding diaryl/α,β-unsaturated/α-hetero) is 1. The van der Waals surface area contributed by atoms with Gasteiger partial charge in [-0.15, -0.1) is 0 Å². The fourth-order valence-corrected chi connectivity index (χ4v) is 7.71. The summed E-state index contributed by atoms with van der Waals surface area (Å²) in [5.74, 6) is 3.07. The van der Waals surface area contributed by atoms with Gasteiger partial charge in [-0.2, -0.15) is 0 Å². The zero-order valence-electron chi connectivity index (χ0n) is 18.9. The van der Waals surface area contributed by atoms with E-state index >= 15 is 0 Å². The second-order valence-corrected chi connectivity index (χ2v) is 10.7. The van der Waals surface area contributed by atoms with E-state index in [1.54, 1.807) is 31.5 Å². The molecule has 2 fully saturated rings. The lowest BCUT2D eigenvalue weighted by molar-refractivity contribution is -0.127. The molecule has 0 radical (unpaired) electrons. The summed E-state index contributed by atoms with van der Waals surface area (Å²) >= 11 is 0. The van der Waals surface area contributed by atoms with E-state index in [4.69, 9.17) is 4.74 Å². The molecule has 0 amide bonds. The van der Waals surface area contributed by atoms with Gasteiger partial charge in [0.05, 0.1) is 5.56 Å². The van der Waals surface area contributed by atoms with Crippen LogP contribution in [0.3, 0.4) is 0 Å². The number of fused-ring (bicyclic) bond motifs is 5. The molecule has 4 aliphatic carbocycles. The molecule has 0 N–H and O–H groups in total. The van der Waals surface area contributed by atoms with E-state index in [2.05, 4.69) is 31.0 Å². The highest BCUT2D eigenvalue weighted by molar-refractivity contribution is 5.89. The Morgan fingerprint density at radius 1 is 1.13 bits per heavy atom. The molecule has 0 spiro atoms. The van der Waals surface area contributed by atoms with Crippen LogP contribution in [0.5, 0.6) is 0 Å². The summed E-state index contributed by atoms with van der Waals surface area (Å²) in [6.45, 7) is 6.61. The number of nitrogens with zero attached hydrogens (tertiary/aromatic N) is 1. The summed E-state index contributed by atoms with van der Waals surface area (Å²) < 4.78 is 5.74. The first-order valence-electron chi connectivity index (χ1n) is 11.9. The molecular weight excluding hydrogens is 386 g/mol. The van der Waals surface area contributed by atoms with Crippen molar-refractivity contribution in [3.63, 3.8) is 0 Å². The topological polar surface area (TPSA) is 56.3 Å².